The number of benzene rings is 3. The Morgan fingerprint density at radius 2 is 1.60 bits per heavy atom. The highest BCUT2D eigenvalue weighted by Crippen LogP contribution is 2.23. The Morgan fingerprint density at radius 1 is 0.880 bits per heavy atom. The van der Waals surface area contributed by atoms with Gasteiger partial charge in [0.05, 0.1) is 5.69 Å². The van der Waals surface area contributed by atoms with Crippen molar-refractivity contribution in [2.24, 2.45) is 4.99 Å². The molecule has 0 heterocycles. The van der Waals surface area contributed by atoms with Crippen molar-refractivity contribution in [1.82, 2.24) is 0 Å². The fraction of sp³-hybridized carbons (Fsp3) is 0. The van der Waals surface area contributed by atoms with Crippen molar-refractivity contribution in [1.29, 1.82) is 0 Å². The number of aliphatic imine (C=N–C) groups is 1. The summed E-state index contributed by atoms with van der Waals surface area (Å²) in [4.78, 5) is 5.73. The maximum absolute atomic E-state index is 5.92. The van der Waals surface area contributed by atoms with E-state index < -0.39 is 0 Å². The van der Waals surface area contributed by atoms with Crippen molar-refractivity contribution >= 4 is 39.3 Å². The third-order valence-corrected chi connectivity index (χ3v) is 4.46. The summed E-state index contributed by atoms with van der Waals surface area (Å²) in [5.74, 6) is 1.30. The van der Waals surface area contributed by atoms with Crippen molar-refractivity contribution in [2.75, 3.05) is 0 Å². The molecule has 0 N–H and O–H groups in total. The van der Waals surface area contributed by atoms with Gasteiger partial charge >= 0.3 is 0 Å². The molecule has 0 saturated carbocycles. The van der Waals surface area contributed by atoms with Gasteiger partial charge in [0.15, 0.2) is 0 Å². The molecule has 3 aromatic rings. The number of ether oxygens (including phenoxy) is 1. The molecule has 0 bridgehead atoms. The maximum Gasteiger partial charge on any atom is 0.220 e. The van der Waals surface area contributed by atoms with Crippen LogP contribution in [0.1, 0.15) is 0 Å². The molecule has 0 fully saturated rings. The molecule has 0 atom stereocenters. The molecular formula is C21H16BrNOS. The molecule has 0 aliphatic heterocycles. The maximum atomic E-state index is 5.92. The molecule has 2 nitrogen and oxygen atoms in total. The van der Waals surface area contributed by atoms with E-state index in [-0.39, 0.29) is 0 Å². The summed E-state index contributed by atoms with van der Waals surface area (Å²) in [5.41, 5.74) is 0.852. The van der Waals surface area contributed by atoms with E-state index in [0.717, 1.165) is 20.8 Å². The first-order valence-electron chi connectivity index (χ1n) is 7.75. The minimum absolute atomic E-state index is 0.542. The molecule has 3 rings (SSSR count). The minimum Gasteiger partial charge on any atom is -0.439 e. The predicted octanol–water partition coefficient (Wildman–Crippen LogP) is 6.86. The van der Waals surface area contributed by atoms with E-state index >= 15 is 0 Å². The molecule has 0 radical (unpaired) electrons. The number of hydrogen-bond donors (Lipinski definition) is 0. The van der Waals surface area contributed by atoms with Crippen molar-refractivity contribution in [2.45, 2.75) is 4.90 Å². The van der Waals surface area contributed by atoms with E-state index in [2.05, 4.69) is 33.1 Å². The zero-order chi connectivity index (χ0) is 17.3. The molecule has 0 unspecified atom stereocenters. The smallest absolute Gasteiger partial charge is 0.220 e. The summed E-state index contributed by atoms with van der Waals surface area (Å²) in [5, 5.41) is 1.98. The molecule has 0 amide bonds. The van der Waals surface area contributed by atoms with Gasteiger partial charge in [0.1, 0.15) is 5.75 Å². The van der Waals surface area contributed by atoms with Gasteiger partial charge in [-0.1, -0.05) is 70.2 Å². The van der Waals surface area contributed by atoms with Gasteiger partial charge in [0.25, 0.3) is 0 Å². The van der Waals surface area contributed by atoms with Gasteiger partial charge in [-0.15, -0.1) is 0 Å². The molecule has 0 aromatic heterocycles. The van der Waals surface area contributed by atoms with Gasteiger partial charge in [-0.25, -0.2) is 4.99 Å². The lowest BCUT2D eigenvalue weighted by Crippen LogP contribution is -2.04. The Balaban J connectivity index is 1.78. The second kappa shape index (κ2) is 9.25. The van der Waals surface area contributed by atoms with Crippen LogP contribution < -0.4 is 4.74 Å². The van der Waals surface area contributed by atoms with Crippen LogP contribution in [0.15, 0.2) is 111 Å². The fourth-order valence-corrected chi connectivity index (χ4v) is 3.29. The molecule has 124 valence electrons. The van der Waals surface area contributed by atoms with Crippen molar-refractivity contribution in [3.8, 4) is 5.75 Å². The quantitative estimate of drug-likeness (QED) is 0.260. The Morgan fingerprint density at radius 3 is 2.32 bits per heavy atom. The zero-order valence-electron chi connectivity index (χ0n) is 13.4. The van der Waals surface area contributed by atoms with Crippen molar-refractivity contribution in [3.63, 3.8) is 0 Å². The highest BCUT2D eigenvalue weighted by molar-refractivity contribution is 9.10. The molecule has 4 heteroatoms. The lowest BCUT2D eigenvalue weighted by atomic mass is 10.3. The summed E-state index contributed by atoms with van der Waals surface area (Å²) < 4.78 is 6.98. The Labute approximate surface area is 160 Å². The Hall–Kier alpha value is -2.30. The average molecular weight is 410 g/mol. The van der Waals surface area contributed by atoms with Crippen molar-refractivity contribution in [3.05, 3.63) is 101 Å². The first kappa shape index (κ1) is 17.5. The molecule has 0 saturated heterocycles. The molecule has 0 aliphatic carbocycles. The lowest BCUT2D eigenvalue weighted by molar-refractivity contribution is 0.556. The number of rotatable bonds is 5. The van der Waals surface area contributed by atoms with Crippen LogP contribution in [0, 0.1) is 0 Å². The van der Waals surface area contributed by atoms with Crippen LogP contribution in [0.2, 0.25) is 0 Å². The zero-order valence-corrected chi connectivity index (χ0v) is 15.8. The van der Waals surface area contributed by atoms with Crippen LogP contribution in [0.3, 0.4) is 0 Å². The van der Waals surface area contributed by atoms with Gasteiger partial charge in [0.2, 0.25) is 5.90 Å². The van der Waals surface area contributed by atoms with Crippen LogP contribution in [0.25, 0.3) is 0 Å². The van der Waals surface area contributed by atoms with Gasteiger partial charge in [-0.3, -0.25) is 0 Å². The predicted molar refractivity (Wildman–Crippen MR) is 110 cm³/mol. The normalized spacial score (nSPS) is 11.6. The monoisotopic (exact) mass is 409 g/mol. The van der Waals surface area contributed by atoms with E-state index in [0.29, 0.717) is 5.90 Å². The molecule has 25 heavy (non-hydrogen) atoms. The molecule has 0 spiro atoms. The second-order valence-corrected chi connectivity index (χ2v) is 6.97. The highest BCUT2D eigenvalue weighted by atomic mass is 79.9. The summed E-state index contributed by atoms with van der Waals surface area (Å²) in [6.45, 7) is 0. The highest BCUT2D eigenvalue weighted by Gasteiger charge is 2.00. The number of hydrogen-bond acceptors (Lipinski definition) is 3. The number of halogens is 1. The topological polar surface area (TPSA) is 21.6 Å². The number of nitrogens with zero attached hydrogens (tertiary/aromatic N) is 1. The largest absolute Gasteiger partial charge is 0.439 e. The van der Waals surface area contributed by atoms with E-state index in [1.165, 1.54) is 0 Å². The summed E-state index contributed by atoms with van der Waals surface area (Å²) >= 11 is 5.10. The summed E-state index contributed by atoms with van der Waals surface area (Å²) in [7, 11) is 0. The van der Waals surface area contributed by atoms with Gasteiger partial charge in [-0.2, -0.15) is 0 Å². The average Bonchev–Trinajstić information content (AvgIpc) is 2.63. The Kier molecular flexibility index (Phi) is 6.48. The van der Waals surface area contributed by atoms with Crippen LogP contribution in [-0.2, 0) is 0 Å². The van der Waals surface area contributed by atoms with Crippen LogP contribution in [0.4, 0.5) is 5.69 Å². The Bertz CT molecular complexity index is 863. The van der Waals surface area contributed by atoms with Gasteiger partial charge in [-0.05, 0) is 47.9 Å². The minimum atomic E-state index is 0.542. The molecule has 3 aromatic carbocycles. The lowest BCUT2D eigenvalue weighted by Gasteiger charge is -2.05. The third-order valence-electron chi connectivity index (χ3n) is 3.17. The fourth-order valence-electron chi connectivity index (χ4n) is 2.04. The SMILES string of the molecule is Brc1cccc(SC=CC(=Nc2ccccc2)Oc2ccccc2)c1. The standard InChI is InChI=1S/C21H16BrNOS/c22-17-8-7-13-20(16-17)25-15-14-21(23-18-9-3-1-4-10-18)24-19-11-5-2-6-12-19/h1-16H. The first-order chi connectivity index (χ1) is 12.3. The number of para-hydroxylation sites is 2. The van der Waals surface area contributed by atoms with E-state index in [1.807, 2.05) is 84.3 Å². The van der Waals surface area contributed by atoms with Crippen LogP contribution in [0.5, 0.6) is 5.75 Å². The van der Waals surface area contributed by atoms with Crippen LogP contribution in [-0.4, -0.2) is 5.90 Å². The number of thioether (sulfide) groups is 1. The van der Waals surface area contributed by atoms with E-state index in [9.17, 15) is 0 Å². The summed E-state index contributed by atoms with van der Waals surface area (Å²) in [6.07, 6.45) is 1.88. The molecular weight excluding hydrogens is 394 g/mol. The van der Waals surface area contributed by atoms with E-state index in [4.69, 9.17) is 4.74 Å². The van der Waals surface area contributed by atoms with Crippen molar-refractivity contribution < 1.29 is 4.74 Å². The first-order valence-corrected chi connectivity index (χ1v) is 9.42. The second-order valence-electron chi connectivity index (χ2n) is 5.08. The summed E-state index contributed by atoms with van der Waals surface area (Å²) in [6, 6.07) is 27.6. The van der Waals surface area contributed by atoms with Gasteiger partial charge < -0.3 is 4.74 Å². The van der Waals surface area contributed by atoms with Crippen LogP contribution >= 0.6 is 27.7 Å². The van der Waals surface area contributed by atoms with E-state index in [1.54, 1.807) is 11.8 Å². The molecule has 0 aliphatic rings. The van der Waals surface area contributed by atoms with Gasteiger partial charge in [0, 0.05) is 15.4 Å². The third kappa shape index (κ3) is 5.93.